The third-order valence-electron chi connectivity index (χ3n) is 3.44. The Hall–Kier alpha value is -0.770. The number of anilines is 1. The van der Waals surface area contributed by atoms with Gasteiger partial charge in [-0.15, -0.1) is 0 Å². The van der Waals surface area contributed by atoms with E-state index in [1.54, 1.807) is 7.11 Å². The summed E-state index contributed by atoms with van der Waals surface area (Å²) in [5.41, 5.74) is 2.25. The Morgan fingerprint density at radius 1 is 1.37 bits per heavy atom. The Morgan fingerprint density at radius 3 is 2.58 bits per heavy atom. The summed E-state index contributed by atoms with van der Waals surface area (Å²) in [5.74, 6) is 0. The van der Waals surface area contributed by atoms with Crippen LogP contribution in [0, 0.1) is 0 Å². The lowest BCUT2D eigenvalue weighted by atomic mass is 10.1. The molecular formula is C15H25ClN2O. The maximum Gasteiger partial charge on any atom is 0.0663 e. The van der Waals surface area contributed by atoms with Gasteiger partial charge in [0.2, 0.25) is 0 Å². The third-order valence-corrected chi connectivity index (χ3v) is 3.76. The summed E-state index contributed by atoms with van der Waals surface area (Å²) < 4.78 is 5.19. The fourth-order valence-corrected chi connectivity index (χ4v) is 2.45. The molecule has 0 radical (unpaired) electrons. The van der Waals surface area contributed by atoms with Crippen LogP contribution in [0.1, 0.15) is 32.4 Å². The smallest absolute Gasteiger partial charge is 0.0663 e. The molecule has 0 aromatic heterocycles. The van der Waals surface area contributed by atoms with Crippen LogP contribution in [-0.4, -0.2) is 33.4 Å². The summed E-state index contributed by atoms with van der Waals surface area (Å²) in [7, 11) is 3.78. The van der Waals surface area contributed by atoms with Crippen LogP contribution in [0.25, 0.3) is 0 Å². The predicted molar refractivity (Wildman–Crippen MR) is 83.3 cm³/mol. The summed E-state index contributed by atoms with van der Waals surface area (Å²) in [6, 6.07) is 6.82. The molecule has 0 aliphatic carbocycles. The number of hydrogen-bond donors (Lipinski definition) is 1. The van der Waals surface area contributed by atoms with Crippen molar-refractivity contribution in [2.75, 3.05) is 32.2 Å². The van der Waals surface area contributed by atoms with E-state index in [0.29, 0.717) is 12.6 Å². The van der Waals surface area contributed by atoms with E-state index in [0.717, 1.165) is 22.8 Å². The quantitative estimate of drug-likeness (QED) is 0.830. The van der Waals surface area contributed by atoms with Crippen molar-refractivity contribution >= 4 is 17.3 Å². The second-order valence-corrected chi connectivity index (χ2v) is 5.31. The highest BCUT2D eigenvalue weighted by atomic mass is 35.5. The van der Waals surface area contributed by atoms with E-state index >= 15 is 0 Å². The van der Waals surface area contributed by atoms with Crippen LogP contribution < -0.4 is 10.2 Å². The highest BCUT2D eigenvalue weighted by Gasteiger charge is 2.13. The maximum absolute atomic E-state index is 6.39. The largest absolute Gasteiger partial charge is 0.383 e. The third kappa shape index (κ3) is 4.37. The molecule has 0 heterocycles. The first-order valence-electron chi connectivity index (χ1n) is 6.75. The first-order chi connectivity index (χ1) is 9.01. The molecule has 3 nitrogen and oxygen atoms in total. The van der Waals surface area contributed by atoms with Gasteiger partial charge in [0.15, 0.2) is 0 Å². The van der Waals surface area contributed by atoms with Gasteiger partial charge < -0.3 is 15.0 Å². The first kappa shape index (κ1) is 16.3. The second kappa shape index (κ2) is 7.73. The summed E-state index contributed by atoms with van der Waals surface area (Å²) in [5, 5.41) is 4.18. The standard InChI is InChI=1S/C15H25ClN2O/c1-6-17-12(3)14-8-7-13(9-15(14)16)18(4)11(2)10-19-5/h7-9,11-12,17H,6,10H2,1-5H3. The van der Waals surface area contributed by atoms with E-state index in [-0.39, 0.29) is 6.04 Å². The molecule has 0 amide bonds. The van der Waals surface area contributed by atoms with E-state index < -0.39 is 0 Å². The summed E-state index contributed by atoms with van der Waals surface area (Å²) in [4.78, 5) is 2.18. The molecule has 0 aliphatic heterocycles. The number of ether oxygens (including phenoxy) is 1. The van der Waals surface area contributed by atoms with E-state index in [1.807, 2.05) is 6.07 Å². The SMILES string of the molecule is CCNC(C)c1ccc(N(C)C(C)COC)cc1Cl. The van der Waals surface area contributed by atoms with Crippen molar-refractivity contribution in [3.63, 3.8) is 0 Å². The number of rotatable bonds is 7. The van der Waals surface area contributed by atoms with Gasteiger partial charge in [0.25, 0.3) is 0 Å². The Morgan fingerprint density at radius 2 is 2.05 bits per heavy atom. The van der Waals surface area contributed by atoms with Crippen LogP contribution in [0.4, 0.5) is 5.69 Å². The second-order valence-electron chi connectivity index (χ2n) is 4.90. The number of nitrogens with one attached hydrogen (secondary N) is 1. The fraction of sp³-hybridized carbons (Fsp3) is 0.600. The van der Waals surface area contributed by atoms with Gasteiger partial charge in [0.1, 0.15) is 0 Å². The topological polar surface area (TPSA) is 24.5 Å². The molecule has 0 saturated carbocycles. The number of nitrogens with zero attached hydrogens (tertiary/aromatic N) is 1. The molecule has 0 fully saturated rings. The molecule has 1 aromatic rings. The van der Waals surface area contributed by atoms with E-state index in [1.165, 1.54) is 0 Å². The molecule has 0 saturated heterocycles. The van der Waals surface area contributed by atoms with Gasteiger partial charge in [0, 0.05) is 37.0 Å². The minimum atomic E-state index is 0.272. The zero-order valence-electron chi connectivity index (χ0n) is 12.5. The lowest BCUT2D eigenvalue weighted by Gasteiger charge is -2.27. The molecule has 2 unspecified atom stereocenters. The van der Waals surface area contributed by atoms with Crippen LogP contribution in [0.2, 0.25) is 5.02 Å². The Balaban J connectivity index is 2.87. The van der Waals surface area contributed by atoms with Gasteiger partial charge in [-0.05, 0) is 38.1 Å². The first-order valence-corrected chi connectivity index (χ1v) is 7.13. The van der Waals surface area contributed by atoms with E-state index in [4.69, 9.17) is 16.3 Å². The van der Waals surface area contributed by atoms with Gasteiger partial charge in [-0.3, -0.25) is 0 Å². The number of methoxy groups -OCH3 is 1. The normalized spacial score (nSPS) is 14.2. The van der Waals surface area contributed by atoms with Crippen molar-refractivity contribution in [2.24, 2.45) is 0 Å². The molecular weight excluding hydrogens is 260 g/mol. The molecule has 4 heteroatoms. The number of hydrogen-bond acceptors (Lipinski definition) is 3. The molecule has 0 spiro atoms. The van der Waals surface area contributed by atoms with Crippen LogP contribution in [-0.2, 0) is 4.74 Å². The van der Waals surface area contributed by atoms with Crippen molar-refractivity contribution in [1.29, 1.82) is 0 Å². The maximum atomic E-state index is 6.39. The Labute approximate surface area is 121 Å². The van der Waals surface area contributed by atoms with Crippen LogP contribution >= 0.6 is 11.6 Å². The minimum absolute atomic E-state index is 0.272. The summed E-state index contributed by atoms with van der Waals surface area (Å²) in [6.45, 7) is 7.99. The Bertz CT molecular complexity index is 398. The highest BCUT2D eigenvalue weighted by Crippen LogP contribution is 2.28. The predicted octanol–water partition coefficient (Wildman–Crippen LogP) is 3.48. The van der Waals surface area contributed by atoms with Crippen LogP contribution in [0.5, 0.6) is 0 Å². The van der Waals surface area contributed by atoms with Crippen LogP contribution in [0.15, 0.2) is 18.2 Å². The average molecular weight is 285 g/mol. The van der Waals surface area contributed by atoms with Crippen molar-refractivity contribution in [2.45, 2.75) is 32.9 Å². The average Bonchev–Trinajstić information content (AvgIpc) is 2.38. The number of benzene rings is 1. The van der Waals surface area contributed by atoms with Crippen molar-refractivity contribution in [3.8, 4) is 0 Å². The number of halogens is 1. The van der Waals surface area contributed by atoms with Gasteiger partial charge in [-0.25, -0.2) is 0 Å². The Kier molecular flexibility index (Phi) is 6.63. The zero-order chi connectivity index (χ0) is 14.4. The molecule has 2 atom stereocenters. The molecule has 0 bridgehead atoms. The number of likely N-dealkylation sites (N-methyl/N-ethyl adjacent to an activating group) is 1. The molecule has 108 valence electrons. The summed E-state index contributed by atoms with van der Waals surface area (Å²) in [6.07, 6.45) is 0. The lowest BCUT2D eigenvalue weighted by Crippen LogP contribution is -2.32. The molecule has 1 aromatic carbocycles. The van der Waals surface area contributed by atoms with Crippen molar-refractivity contribution < 1.29 is 4.74 Å². The molecule has 1 N–H and O–H groups in total. The van der Waals surface area contributed by atoms with Crippen molar-refractivity contribution in [3.05, 3.63) is 28.8 Å². The monoisotopic (exact) mass is 284 g/mol. The van der Waals surface area contributed by atoms with Gasteiger partial charge >= 0.3 is 0 Å². The molecule has 1 rings (SSSR count). The zero-order valence-corrected chi connectivity index (χ0v) is 13.3. The van der Waals surface area contributed by atoms with E-state index in [2.05, 4.69) is 50.2 Å². The van der Waals surface area contributed by atoms with Crippen LogP contribution in [0.3, 0.4) is 0 Å². The highest BCUT2D eigenvalue weighted by molar-refractivity contribution is 6.31. The lowest BCUT2D eigenvalue weighted by molar-refractivity contribution is 0.183. The van der Waals surface area contributed by atoms with Gasteiger partial charge in [0.05, 0.1) is 6.61 Å². The van der Waals surface area contributed by atoms with Gasteiger partial charge in [-0.2, -0.15) is 0 Å². The van der Waals surface area contributed by atoms with Gasteiger partial charge in [-0.1, -0.05) is 24.6 Å². The molecule has 0 aliphatic rings. The molecule has 19 heavy (non-hydrogen) atoms. The summed E-state index contributed by atoms with van der Waals surface area (Å²) >= 11 is 6.39. The minimum Gasteiger partial charge on any atom is -0.383 e. The fourth-order valence-electron chi connectivity index (χ4n) is 2.11. The van der Waals surface area contributed by atoms with E-state index in [9.17, 15) is 0 Å². The van der Waals surface area contributed by atoms with Crippen molar-refractivity contribution in [1.82, 2.24) is 5.32 Å².